The highest BCUT2D eigenvalue weighted by molar-refractivity contribution is 5.79. The van der Waals surface area contributed by atoms with E-state index in [1.807, 2.05) is 40.1 Å². The van der Waals surface area contributed by atoms with Gasteiger partial charge in [0.2, 0.25) is 11.8 Å². The molecule has 4 heteroatoms. The van der Waals surface area contributed by atoms with Gasteiger partial charge in [0, 0.05) is 33.1 Å². The summed E-state index contributed by atoms with van der Waals surface area (Å²) >= 11 is 0. The Labute approximate surface area is 132 Å². The highest BCUT2D eigenvalue weighted by Gasteiger charge is 2.41. The number of nitrogens with zero attached hydrogens (tertiary/aromatic N) is 2. The van der Waals surface area contributed by atoms with Gasteiger partial charge in [-0.05, 0) is 30.2 Å². The number of rotatable bonds is 2. The SMILES string of the molecule is CC(=O)N1CCC2(CCN(C(=O)Cc3ccccc3)CC2)C1. The molecular weight excluding hydrogens is 276 g/mol. The lowest BCUT2D eigenvalue weighted by Gasteiger charge is -2.39. The molecule has 0 atom stereocenters. The van der Waals surface area contributed by atoms with Gasteiger partial charge in [-0.1, -0.05) is 30.3 Å². The first-order valence-corrected chi connectivity index (χ1v) is 8.15. The number of hydrogen-bond acceptors (Lipinski definition) is 2. The highest BCUT2D eigenvalue weighted by Crippen LogP contribution is 2.40. The molecule has 2 heterocycles. The quantitative estimate of drug-likeness (QED) is 0.839. The van der Waals surface area contributed by atoms with Gasteiger partial charge in [0.15, 0.2) is 0 Å². The molecule has 2 saturated heterocycles. The van der Waals surface area contributed by atoms with Crippen LogP contribution in [0.25, 0.3) is 0 Å². The zero-order valence-corrected chi connectivity index (χ0v) is 13.3. The van der Waals surface area contributed by atoms with Crippen molar-refractivity contribution >= 4 is 11.8 Å². The maximum absolute atomic E-state index is 12.4. The maximum Gasteiger partial charge on any atom is 0.226 e. The molecule has 1 aromatic carbocycles. The van der Waals surface area contributed by atoms with Crippen LogP contribution in [0.1, 0.15) is 31.7 Å². The lowest BCUT2D eigenvalue weighted by molar-refractivity contribution is -0.133. The molecular formula is C18H24N2O2. The van der Waals surface area contributed by atoms with Gasteiger partial charge in [0.25, 0.3) is 0 Å². The van der Waals surface area contributed by atoms with Crippen molar-refractivity contribution in [3.8, 4) is 0 Å². The van der Waals surface area contributed by atoms with Crippen LogP contribution >= 0.6 is 0 Å². The molecule has 0 unspecified atom stereocenters. The van der Waals surface area contributed by atoms with Crippen LogP contribution in [-0.2, 0) is 16.0 Å². The molecule has 0 saturated carbocycles. The molecule has 0 radical (unpaired) electrons. The summed E-state index contributed by atoms with van der Waals surface area (Å²) in [5.74, 6) is 0.405. The minimum absolute atomic E-state index is 0.180. The summed E-state index contributed by atoms with van der Waals surface area (Å²) in [6.07, 6.45) is 3.63. The minimum atomic E-state index is 0.180. The molecule has 1 aromatic rings. The first kappa shape index (κ1) is 15.1. The summed E-state index contributed by atoms with van der Waals surface area (Å²) in [5.41, 5.74) is 1.34. The van der Waals surface area contributed by atoms with Crippen molar-refractivity contribution in [2.45, 2.75) is 32.6 Å². The largest absolute Gasteiger partial charge is 0.342 e. The second kappa shape index (κ2) is 6.11. The molecule has 0 aromatic heterocycles. The van der Waals surface area contributed by atoms with Crippen LogP contribution in [0.15, 0.2) is 30.3 Å². The van der Waals surface area contributed by atoms with Crippen LogP contribution in [0.3, 0.4) is 0 Å². The Hall–Kier alpha value is -1.84. The zero-order valence-electron chi connectivity index (χ0n) is 13.3. The first-order chi connectivity index (χ1) is 10.6. The third kappa shape index (κ3) is 3.16. The Bertz CT molecular complexity index is 547. The predicted molar refractivity (Wildman–Crippen MR) is 85.3 cm³/mol. The van der Waals surface area contributed by atoms with E-state index in [4.69, 9.17) is 0 Å². The lowest BCUT2D eigenvalue weighted by Crippen LogP contribution is -2.45. The Morgan fingerprint density at radius 3 is 2.14 bits per heavy atom. The molecule has 0 N–H and O–H groups in total. The van der Waals surface area contributed by atoms with Gasteiger partial charge in [-0.15, -0.1) is 0 Å². The van der Waals surface area contributed by atoms with E-state index in [0.29, 0.717) is 6.42 Å². The van der Waals surface area contributed by atoms with E-state index in [1.54, 1.807) is 6.92 Å². The molecule has 2 fully saturated rings. The van der Waals surface area contributed by atoms with Crippen LogP contribution in [0.2, 0.25) is 0 Å². The molecule has 3 rings (SSSR count). The van der Waals surface area contributed by atoms with Crippen molar-refractivity contribution in [2.24, 2.45) is 5.41 Å². The monoisotopic (exact) mass is 300 g/mol. The van der Waals surface area contributed by atoms with Crippen molar-refractivity contribution in [1.29, 1.82) is 0 Å². The van der Waals surface area contributed by atoms with E-state index in [0.717, 1.165) is 51.0 Å². The fourth-order valence-electron chi connectivity index (χ4n) is 3.72. The molecule has 2 aliphatic rings. The Kier molecular flexibility index (Phi) is 4.19. The topological polar surface area (TPSA) is 40.6 Å². The van der Waals surface area contributed by atoms with E-state index in [9.17, 15) is 9.59 Å². The van der Waals surface area contributed by atoms with Crippen LogP contribution in [0.5, 0.6) is 0 Å². The number of piperidine rings is 1. The first-order valence-electron chi connectivity index (χ1n) is 8.15. The van der Waals surface area contributed by atoms with Gasteiger partial charge in [0.1, 0.15) is 0 Å². The van der Waals surface area contributed by atoms with Crippen molar-refractivity contribution in [1.82, 2.24) is 9.80 Å². The smallest absolute Gasteiger partial charge is 0.226 e. The summed E-state index contributed by atoms with van der Waals surface area (Å²) in [5, 5.41) is 0. The summed E-state index contributed by atoms with van der Waals surface area (Å²) in [6, 6.07) is 9.93. The minimum Gasteiger partial charge on any atom is -0.342 e. The molecule has 2 aliphatic heterocycles. The average Bonchev–Trinajstić information content (AvgIpc) is 2.93. The highest BCUT2D eigenvalue weighted by atomic mass is 16.2. The average molecular weight is 300 g/mol. The van der Waals surface area contributed by atoms with E-state index in [2.05, 4.69) is 0 Å². The van der Waals surface area contributed by atoms with Gasteiger partial charge in [0.05, 0.1) is 6.42 Å². The molecule has 4 nitrogen and oxygen atoms in total. The van der Waals surface area contributed by atoms with Gasteiger partial charge in [-0.3, -0.25) is 9.59 Å². The van der Waals surface area contributed by atoms with E-state index < -0.39 is 0 Å². The Balaban J connectivity index is 1.54. The van der Waals surface area contributed by atoms with E-state index in [-0.39, 0.29) is 17.2 Å². The van der Waals surface area contributed by atoms with Crippen LogP contribution in [0, 0.1) is 5.41 Å². The van der Waals surface area contributed by atoms with Crippen molar-refractivity contribution in [3.63, 3.8) is 0 Å². The fraction of sp³-hybridized carbons (Fsp3) is 0.556. The van der Waals surface area contributed by atoms with Gasteiger partial charge in [-0.25, -0.2) is 0 Å². The normalized spacial score (nSPS) is 20.4. The summed E-state index contributed by atoms with van der Waals surface area (Å²) in [4.78, 5) is 27.9. The fourth-order valence-corrected chi connectivity index (χ4v) is 3.72. The molecule has 118 valence electrons. The Morgan fingerprint density at radius 2 is 1.59 bits per heavy atom. The van der Waals surface area contributed by atoms with Gasteiger partial charge in [-0.2, -0.15) is 0 Å². The number of benzene rings is 1. The molecule has 0 aliphatic carbocycles. The summed E-state index contributed by atoms with van der Waals surface area (Å²) in [6.45, 7) is 5.07. The number of amides is 2. The second-order valence-corrected chi connectivity index (χ2v) is 6.73. The van der Waals surface area contributed by atoms with E-state index in [1.165, 1.54) is 0 Å². The number of carbonyl (C=O) groups is 2. The number of likely N-dealkylation sites (tertiary alicyclic amines) is 2. The van der Waals surface area contributed by atoms with Gasteiger partial charge >= 0.3 is 0 Å². The lowest BCUT2D eigenvalue weighted by atomic mass is 9.77. The van der Waals surface area contributed by atoms with Crippen LogP contribution in [0.4, 0.5) is 0 Å². The van der Waals surface area contributed by atoms with Crippen LogP contribution < -0.4 is 0 Å². The molecule has 22 heavy (non-hydrogen) atoms. The molecule has 0 bridgehead atoms. The second-order valence-electron chi connectivity index (χ2n) is 6.73. The van der Waals surface area contributed by atoms with Crippen LogP contribution in [-0.4, -0.2) is 47.8 Å². The zero-order chi connectivity index (χ0) is 15.6. The van der Waals surface area contributed by atoms with Crippen molar-refractivity contribution in [2.75, 3.05) is 26.2 Å². The number of hydrogen-bond donors (Lipinski definition) is 0. The maximum atomic E-state index is 12.4. The van der Waals surface area contributed by atoms with E-state index >= 15 is 0 Å². The van der Waals surface area contributed by atoms with Crippen molar-refractivity contribution < 1.29 is 9.59 Å². The predicted octanol–water partition coefficient (Wildman–Crippen LogP) is 2.09. The Morgan fingerprint density at radius 1 is 1.00 bits per heavy atom. The third-order valence-corrected chi connectivity index (χ3v) is 5.26. The standard InChI is InChI=1S/C18H24N2O2/c1-15(21)20-12-9-18(14-20)7-10-19(11-8-18)17(22)13-16-5-3-2-4-6-16/h2-6H,7-14H2,1H3. The van der Waals surface area contributed by atoms with Gasteiger partial charge < -0.3 is 9.80 Å². The molecule has 1 spiro atoms. The third-order valence-electron chi connectivity index (χ3n) is 5.26. The summed E-state index contributed by atoms with van der Waals surface area (Å²) in [7, 11) is 0. The summed E-state index contributed by atoms with van der Waals surface area (Å²) < 4.78 is 0. The number of carbonyl (C=O) groups excluding carboxylic acids is 2. The van der Waals surface area contributed by atoms with Crippen molar-refractivity contribution in [3.05, 3.63) is 35.9 Å². The molecule has 2 amide bonds.